The van der Waals surface area contributed by atoms with Crippen LogP contribution in [-0.2, 0) is 28.0 Å². The highest BCUT2D eigenvalue weighted by atomic mass is 31.2. The van der Waals surface area contributed by atoms with Crippen LogP contribution >= 0.6 is 7.82 Å². The maximum atomic E-state index is 11.4. The van der Waals surface area contributed by atoms with Gasteiger partial charge in [-0.2, -0.15) is 0 Å². The summed E-state index contributed by atoms with van der Waals surface area (Å²) in [4.78, 5) is 41.1. The maximum absolute atomic E-state index is 11.4. The molecule has 33 heavy (non-hydrogen) atoms. The normalized spacial score (nSPS) is 19.5. The highest BCUT2D eigenvalue weighted by molar-refractivity contribution is 7.47. The van der Waals surface area contributed by atoms with Crippen molar-refractivity contribution in [1.82, 2.24) is 0 Å². The van der Waals surface area contributed by atoms with Crippen molar-refractivity contribution in [2.24, 2.45) is 0 Å². The van der Waals surface area contributed by atoms with Crippen LogP contribution in [0.5, 0.6) is 0 Å². The van der Waals surface area contributed by atoms with Crippen molar-refractivity contribution in [3.8, 4) is 0 Å². The molecule has 1 unspecified atom stereocenters. The first kappa shape index (κ1) is 33.9. The zero-order valence-electron chi connectivity index (χ0n) is 17.0. The molecule has 0 radical (unpaired) electrons. The van der Waals surface area contributed by atoms with Crippen molar-refractivity contribution in [3.63, 3.8) is 0 Å². The zero-order chi connectivity index (χ0) is 26.4. The quantitative estimate of drug-likeness (QED) is 0.0675. The molecule has 0 aliphatic carbocycles. The van der Waals surface area contributed by atoms with Crippen LogP contribution in [0.1, 0.15) is 0 Å². The summed E-state index contributed by atoms with van der Waals surface area (Å²) in [6, 6.07) is 0. The second-order valence-electron chi connectivity index (χ2n) is 6.20. The van der Waals surface area contributed by atoms with E-state index in [1.807, 2.05) is 0 Å². The smallest absolute Gasteiger partial charge is 0.394 e. The Bertz CT molecular complexity index is 630. The third kappa shape index (κ3) is 13.9. The van der Waals surface area contributed by atoms with Crippen LogP contribution in [0.4, 0.5) is 0 Å². The molecule has 8 atom stereocenters. The fourth-order valence-corrected chi connectivity index (χ4v) is 2.27. The number of phosphoric ester groups is 1. The third-order valence-corrected chi connectivity index (χ3v) is 4.51. The van der Waals surface area contributed by atoms with Gasteiger partial charge in [0, 0.05) is 0 Å². The summed E-state index contributed by atoms with van der Waals surface area (Å²) in [7, 11) is -4.88. The summed E-state index contributed by atoms with van der Waals surface area (Å²) < 4.78 is 19.8. The van der Waals surface area contributed by atoms with Gasteiger partial charge in [-0.25, -0.2) is 4.57 Å². The van der Waals surface area contributed by atoms with E-state index in [4.69, 9.17) is 35.7 Å². The molecule has 11 N–H and O–H groups in total. The van der Waals surface area contributed by atoms with Gasteiger partial charge < -0.3 is 60.8 Å². The van der Waals surface area contributed by atoms with Crippen molar-refractivity contribution < 1.29 is 84.0 Å². The minimum Gasteiger partial charge on any atom is -0.394 e. The van der Waals surface area contributed by atoms with E-state index in [9.17, 15) is 39.2 Å². The number of hydrogen-bond donors (Lipinski definition) is 11. The number of Topliss-reactive ketones (excluding diaryl/α,β-unsaturated/α-hetero) is 2. The third-order valence-electron chi connectivity index (χ3n) is 3.58. The molecular formula is C15H29O17P. The largest absolute Gasteiger partial charge is 0.472 e. The highest BCUT2D eigenvalue weighted by Crippen LogP contribution is 2.43. The van der Waals surface area contributed by atoms with E-state index in [2.05, 4.69) is 9.05 Å². The average molecular weight is 512 g/mol. The molecule has 0 heterocycles. The number of aliphatic hydroxyl groups excluding tert-OH is 10. The Balaban J connectivity index is 0. The summed E-state index contributed by atoms with van der Waals surface area (Å²) in [5, 5.41) is 87.7. The molecule has 0 saturated heterocycles. The van der Waals surface area contributed by atoms with Crippen molar-refractivity contribution >= 4 is 25.7 Å². The first-order valence-corrected chi connectivity index (χ1v) is 10.4. The minimum atomic E-state index is -4.88. The van der Waals surface area contributed by atoms with Crippen LogP contribution in [0.3, 0.4) is 0 Å². The fraction of sp³-hybridized carbons (Fsp3) is 0.800. The SMILES string of the molecule is O=C(COP(=O)(O)OC[C@@H](O)[C@H](O)C(=O)CO)[C@@H](O)[C@H](O)CO.O=C[C@H](O)[C@@H](O)[C@H](O)CO. The van der Waals surface area contributed by atoms with Gasteiger partial charge in [-0.05, 0) is 0 Å². The van der Waals surface area contributed by atoms with E-state index in [0.717, 1.165) is 0 Å². The number of rotatable bonds is 16. The lowest BCUT2D eigenvalue weighted by Crippen LogP contribution is -2.40. The Hall–Kier alpha value is -1.28. The van der Waals surface area contributed by atoms with Crippen LogP contribution in [-0.4, -0.2) is 150 Å². The molecule has 0 aliphatic rings. The molecule has 0 aromatic heterocycles. The first-order chi connectivity index (χ1) is 15.2. The number of aldehydes is 1. The summed E-state index contributed by atoms with van der Waals surface area (Å²) >= 11 is 0. The van der Waals surface area contributed by atoms with Gasteiger partial charge in [0.05, 0.1) is 19.8 Å². The Morgan fingerprint density at radius 2 is 1.27 bits per heavy atom. The van der Waals surface area contributed by atoms with Crippen molar-refractivity contribution in [2.45, 2.75) is 42.7 Å². The van der Waals surface area contributed by atoms with Gasteiger partial charge in [0.1, 0.15) is 55.9 Å². The number of aliphatic hydroxyl groups is 10. The van der Waals surface area contributed by atoms with Gasteiger partial charge in [0.25, 0.3) is 0 Å². The predicted octanol–water partition coefficient (Wildman–Crippen LogP) is -7.05. The van der Waals surface area contributed by atoms with Crippen LogP contribution < -0.4 is 0 Å². The summed E-state index contributed by atoms with van der Waals surface area (Å²) in [5.74, 6) is -2.37. The van der Waals surface area contributed by atoms with Gasteiger partial charge >= 0.3 is 7.82 Å². The van der Waals surface area contributed by atoms with Gasteiger partial charge in [-0.1, -0.05) is 0 Å². The van der Waals surface area contributed by atoms with E-state index in [1.54, 1.807) is 0 Å². The Labute approximate surface area is 186 Å². The molecule has 0 aromatic rings. The molecule has 18 heteroatoms. The number of hydrogen-bond acceptors (Lipinski definition) is 16. The fourth-order valence-electron chi connectivity index (χ4n) is 1.57. The van der Waals surface area contributed by atoms with Crippen LogP contribution in [0.15, 0.2) is 0 Å². The van der Waals surface area contributed by atoms with E-state index >= 15 is 0 Å². The Kier molecular flexibility index (Phi) is 17.7. The summed E-state index contributed by atoms with van der Waals surface area (Å²) in [6.07, 6.45) is -12.5. The molecule has 0 bridgehead atoms. The highest BCUT2D eigenvalue weighted by Gasteiger charge is 2.31. The second-order valence-corrected chi connectivity index (χ2v) is 7.66. The van der Waals surface area contributed by atoms with E-state index < -0.39 is 95.2 Å². The summed E-state index contributed by atoms with van der Waals surface area (Å²) in [6.45, 7) is -4.86. The number of phosphoric acid groups is 1. The molecule has 0 saturated carbocycles. The number of carbonyl (C=O) groups excluding carboxylic acids is 3. The first-order valence-electron chi connectivity index (χ1n) is 8.90. The van der Waals surface area contributed by atoms with Crippen molar-refractivity contribution in [1.29, 1.82) is 0 Å². The molecule has 0 spiro atoms. The lowest BCUT2D eigenvalue weighted by atomic mass is 10.1. The molecule has 17 nitrogen and oxygen atoms in total. The molecule has 0 amide bonds. The lowest BCUT2D eigenvalue weighted by Gasteiger charge is -2.19. The lowest BCUT2D eigenvalue weighted by molar-refractivity contribution is -0.137. The molecule has 0 aliphatic heterocycles. The molecule has 0 aromatic carbocycles. The van der Waals surface area contributed by atoms with Gasteiger partial charge in [0.2, 0.25) is 0 Å². The zero-order valence-corrected chi connectivity index (χ0v) is 17.9. The Morgan fingerprint density at radius 3 is 1.70 bits per heavy atom. The standard InChI is InChI=1S/C10H19O12P.C5H10O5/c11-1-5(13)9(17)7(15)3-21-23(19,20)22-4-8(16)10(18)6(14)2-12;6-1-3(8)5(10)4(9)2-7/h5,8-13,16-18H,1-4H2,(H,19,20);1,3-5,7-10H,2H2/t5-,8-,9+,10-;3-,4+,5+/m10/s1. The van der Waals surface area contributed by atoms with Crippen molar-refractivity contribution in [3.05, 3.63) is 0 Å². The molecular weight excluding hydrogens is 483 g/mol. The van der Waals surface area contributed by atoms with Gasteiger partial charge in [0.15, 0.2) is 17.9 Å². The minimum absolute atomic E-state index is 0.0869. The van der Waals surface area contributed by atoms with Crippen LogP contribution in [0, 0.1) is 0 Å². The monoisotopic (exact) mass is 512 g/mol. The van der Waals surface area contributed by atoms with Gasteiger partial charge in [-0.15, -0.1) is 0 Å². The summed E-state index contributed by atoms with van der Waals surface area (Å²) in [5.41, 5.74) is 0. The number of carbonyl (C=O) groups is 3. The molecule has 0 rings (SSSR count). The van der Waals surface area contributed by atoms with E-state index in [-0.39, 0.29) is 6.29 Å². The molecule has 0 fully saturated rings. The van der Waals surface area contributed by atoms with Gasteiger partial charge in [-0.3, -0.25) is 18.6 Å². The van der Waals surface area contributed by atoms with Crippen molar-refractivity contribution in [2.75, 3.05) is 33.0 Å². The predicted molar refractivity (Wildman–Crippen MR) is 101 cm³/mol. The topological polar surface area (TPSA) is 309 Å². The maximum Gasteiger partial charge on any atom is 0.472 e. The Morgan fingerprint density at radius 1 is 0.788 bits per heavy atom. The van der Waals surface area contributed by atoms with E-state index in [0.29, 0.717) is 0 Å². The van der Waals surface area contributed by atoms with E-state index in [1.165, 1.54) is 0 Å². The average Bonchev–Trinajstić information content (AvgIpc) is 2.82. The van der Waals surface area contributed by atoms with Crippen LogP contribution in [0.2, 0.25) is 0 Å². The number of ketones is 2. The van der Waals surface area contributed by atoms with Crippen LogP contribution in [0.25, 0.3) is 0 Å². The second kappa shape index (κ2) is 17.2. The molecule has 196 valence electrons.